The summed E-state index contributed by atoms with van der Waals surface area (Å²) < 4.78 is 12.9. The Bertz CT molecular complexity index is 673. The van der Waals surface area contributed by atoms with Gasteiger partial charge in [0, 0.05) is 19.4 Å². The van der Waals surface area contributed by atoms with E-state index in [1.165, 1.54) is 141 Å². The molecule has 0 spiro atoms. The van der Waals surface area contributed by atoms with Gasteiger partial charge in [0.05, 0.1) is 12.7 Å². The Labute approximate surface area is 281 Å². The van der Waals surface area contributed by atoms with Crippen LogP contribution in [0.3, 0.4) is 0 Å². The predicted octanol–water partition coefficient (Wildman–Crippen LogP) is 13.3. The van der Waals surface area contributed by atoms with E-state index in [-0.39, 0.29) is 18.5 Å². The normalized spacial score (nSPS) is 16.9. The molecule has 0 bridgehead atoms. The summed E-state index contributed by atoms with van der Waals surface area (Å²) in [5.41, 5.74) is 0. The number of hydrogen-bond acceptors (Lipinski definition) is 3. The zero-order chi connectivity index (χ0) is 32.4. The molecule has 1 rings (SSSR count). The van der Waals surface area contributed by atoms with Crippen LogP contribution in [0.4, 0.5) is 0 Å². The molecular formula is C42H76O3. The third-order valence-electron chi connectivity index (χ3n) is 9.11. The van der Waals surface area contributed by atoms with Gasteiger partial charge >= 0.3 is 0 Å². The van der Waals surface area contributed by atoms with Crippen molar-refractivity contribution in [2.24, 2.45) is 0 Å². The summed E-state index contributed by atoms with van der Waals surface area (Å²) in [5.74, 6) is -0.370. The van der Waals surface area contributed by atoms with Crippen molar-refractivity contribution in [2.45, 2.75) is 206 Å². The van der Waals surface area contributed by atoms with Crippen molar-refractivity contribution in [2.75, 3.05) is 13.2 Å². The number of rotatable bonds is 33. The molecule has 1 N–H and O–H groups in total. The standard InChI is InChI=1S/C42H76O3/c1-3-5-7-9-11-13-15-17-19-21-23-25-27-29-31-33-37-42(44-40-41(45-42)36-35-39-43)38-34-32-30-28-26-24-22-20-18-16-14-12-10-8-6-4-2/h11-14,17-20,41,43H,3-10,15-16,21-40H2,1-2H3/b13-11-,14-12-,19-17-,20-18-. The molecule has 0 aromatic rings. The van der Waals surface area contributed by atoms with Gasteiger partial charge in [0.1, 0.15) is 0 Å². The van der Waals surface area contributed by atoms with Crippen LogP contribution in [0.2, 0.25) is 0 Å². The average Bonchev–Trinajstić information content (AvgIpc) is 3.46. The second-order valence-electron chi connectivity index (χ2n) is 13.5. The average molecular weight is 629 g/mol. The lowest BCUT2D eigenvalue weighted by Crippen LogP contribution is -2.31. The molecule has 1 aliphatic heterocycles. The van der Waals surface area contributed by atoms with Gasteiger partial charge in [-0.05, 0) is 89.9 Å². The Morgan fingerprint density at radius 2 is 0.911 bits per heavy atom. The van der Waals surface area contributed by atoms with Gasteiger partial charge in [-0.2, -0.15) is 0 Å². The second kappa shape index (κ2) is 32.8. The van der Waals surface area contributed by atoms with Gasteiger partial charge in [-0.15, -0.1) is 0 Å². The maximum absolute atomic E-state index is 9.27. The summed E-state index contributed by atoms with van der Waals surface area (Å²) in [6.45, 7) is 5.47. The van der Waals surface area contributed by atoms with E-state index in [9.17, 15) is 5.11 Å². The van der Waals surface area contributed by atoms with Crippen LogP contribution in [0.1, 0.15) is 194 Å². The molecule has 0 amide bonds. The molecule has 0 saturated carbocycles. The Morgan fingerprint density at radius 1 is 0.511 bits per heavy atom. The first-order valence-electron chi connectivity index (χ1n) is 19.8. The molecular weight excluding hydrogens is 552 g/mol. The summed E-state index contributed by atoms with van der Waals surface area (Å²) in [4.78, 5) is 0. The van der Waals surface area contributed by atoms with Crippen molar-refractivity contribution in [3.05, 3.63) is 48.6 Å². The molecule has 1 atom stereocenters. The van der Waals surface area contributed by atoms with Crippen LogP contribution in [-0.4, -0.2) is 30.2 Å². The van der Waals surface area contributed by atoms with Crippen LogP contribution < -0.4 is 0 Å². The highest BCUT2D eigenvalue weighted by Gasteiger charge is 2.40. The molecule has 0 radical (unpaired) electrons. The Hall–Kier alpha value is -1.16. The maximum atomic E-state index is 9.27. The third kappa shape index (κ3) is 26.6. The van der Waals surface area contributed by atoms with E-state index in [1.54, 1.807) is 0 Å². The Morgan fingerprint density at radius 3 is 1.33 bits per heavy atom. The second-order valence-corrected chi connectivity index (χ2v) is 13.5. The van der Waals surface area contributed by atoms with Crippen molar-refractivity contribution in [3.8, 4) is 0 Å². The molecule has 1 unspecified atom stereocenters. The molecule has 1 saturated heterocycles. The van der Waals surface area contributed by atoms with Crippen LogP contribution in [0.25, 0.3) is 0 Å². The largest absolute Gasteiger partial charge is 0.396 e. The van der Waals surface area contributed by atoms with Crippen molar-refractivity contribution >= 4 is 0 Å². The lowest BCUT2D eigenvalue weighted by Gasteiger charge is -2.28. The van der Waals surface area contributed by atoms with Gasteiger partial charge in [0.15, 0.2) is 5.79 Å². The van der Waals surface area contributed by atoms with E-state index in [1.807, 2.05) is 0 Å². The molecule has 0 aliphatic carbocycles. The quantitative estimate of drug-likeness (QED) is 0.0580. The zero-order valence-electron chi connectivity index (χ0n) is 30.2. The number of aliphatic hydroxyl groups is 1. The number of hydrogen-bond donors (Lipinski definition) is 1. The fourth-order valence-corrected chi connectivity index (χ4v) is 6.23. The first-order valence-corrected chi connectivity index (χ1v) is 19.8. The molecule has 1 aliphatic rings. The third-order valence-corrected chi connectivity index (χ3v) is 9.11. The maximum Gasteiger partial charge on any atom is 0.168 e. The number of ether oxygens (including phenoxy) is 2. The monoisotopic (exact) mass is 629 g/mol. The van der Waals surface area contributed by atoms with Gasteiger partial charge in [0.25, 0.3) is 0 Å². The fourth-order valence-electron chi connectivity index (χ4n) is 6.23. The molecule has 1 heterocycles. The molecule has 3 nitrogen and oxygen atoms in total. The van der Waals surface area contributed by atoms with Crippen LogP contribution in [0.15, 0.2) is 48.6 Å². The van der Waals surface area contributed by atoms with Crippen molar-refractivity contribution in [1.29, 1.82) is 0 Å². The molecule has 0 aromatic carbocycles. The summed E-state index contributed by atoms with van der Waals surface area (Å²) in [6.07, 6.45) is 53.3. The van der Waals surface area contributed by atoms with Crippen LogP contribution >= 0.6 is 0 Å². The van der Waals surface area contributed by atoms with E-state index in [4.69, 9.17) is 9.47 Å². The Balaban J connectivity index is 2.12. The highest BCUT2D eigenvalue weighted by molar-refractivity contribution is 4.93. The summed E-state index contributed by atoms with van der Waals surface area (Å²) in [5, 5.41) is 9.27. The molecule has 1 fully saturated rings. The fraction of sp³-hybridized carbons (Fsp3) is 0.810. The number of unbranched alkanes of at least 4 members (excludes halogenated alkanes) is 18. The van der Waals surface area contributed by atoms with E-state index < -0.39 is 0 Å². The van der Waals surface area contributed by atoms with E-state index >= 15 is 0 Å². The summed E-state index contributed by atoms with van der Waals surface area (Å²) >= 11 is 0. The van der Waals surface area contributed by atoms with Gasteiger partial charge in [-0.25, -0.2) is 0 Å². The van der Waals surface area contributed by atoms with E-state index in [2.05, 4.69) is 62.5 Å². The minimum Gasteiger partial charge on any atom is -0.396 e. The van der Waals surface area contributed by atoms with E-state index in [0.29, 0.717) is 6.61 Å². The minimum absolute atomic E-state index is 0.159. The number of aliphatic hydroxyl groups excluding tert-OH is 1. The van der Waals surface area contributed by atoms with Gasteiger partial charge in [-0.3, -0.25) is 0 Å². The van der Waals surface area contributed by atoms with Crippen molar-refractivity contribution in [1.82, 2.24) is 0 Å². The smallest absolute Gasteiger partial charge is 0.168 e. The van der Waals surface area contributed by atoms with Gasteiger partial charge < -0.3 is 14.6 Å². The molecule has 45 heavy (non-hydrogen) atoms. The molecule has 3 heteroatoms. The van der Waals surface area contributed by atoms with Crippen molar-refractivity contribution < 1.29 is 14.6 Å². The predicted molar refractivity (Wildman–Crippen MR) is 198 cm³/mol. The first-order chi connectivity index (χ1) is 22.3. The lowest BCUT2D eigenvalue weighted by atomic mass is 9.98. The Kier molecular flexibility index (Phi) is 30.5. The van der Waals surface area contributed by atoms with Gasteiger partial charge in [0.2, 0.25) is 0 Å². The van der Waals surface area contributed by atoms with Crippen LogP contribution in [-0.2, 0) is 9.47 Å². The van der Waals surface area contributed by atoms with Crippen LogP contribution in [0, 0.1) is 0 Å². The van der Waals surface area contributed by atoms with Crippen molar-refractivity contribution in [3.63, 3.8) is 0 Å². The van der Waals surface area contributed by atoms with Crippen LogP contribution in [0.5, 0.6) is 0 Å². The first kappa shape index (κ1) is 41.9. The highest BCUT2D eigenvalue weighted by atomic mass is 16.7. The topological polar surface area (TPSA) is 38.7 Å². The van der Waals surface area contributed by atoms with E-state index in [0.717, 1.165) is 38.5 Å². The lowest BCUT2D eigenvalue weighted by molar-refractivity contribution is -0.180. The molecule has 262 valence electrons. The zero-order valence-corrected chi connectivity index (χ0v) is 30.2. The summed E-state index contributed by atoms with van der Waals surface area (Å²) in [6, 6.07) is 0. The minimum atomic E-state index is -0.370. The highest BCUT2D eigenvalue weighted by Crippen LogP contribution is 2.36. The summed E-state index contributed by atoms with van der Waals surface area (Å²) in [7, 11) is 0. The molecule has 0 aromatic heterocycles. The number of allylic oxidation sites excluding steroid dienone is 8. The SMILES string of the molecule is CCCCC/C=C\C/C=C\CCCCCCCCC1(CCCCCCCC/C=C\C/C=C\CCCCC)OCC(CCCO)O1. The van der Waals surface area contributed by atoms with Gasteiger partial charge in [-0.1, -0.05) is 140 Å².